The van der Waals surface area contributed by atoms with E-state index in [1.165, 1.54) is 5.56 Å². The predicted octanol–water partition coefficient (Wildman–Crippen LogP) is 3.73. The van der Waals surface area contributed by atoms with Gasteiger partial charge in [0.1, 0.15) is 5.75 Å². The molecule has 1 heterocycles. The second-order valence-electron chi connectivity index (χ2n) is 5.58. The van der Waals surface area contributed by atoms with E-state index in [1.54, 1.807) is 14.2 Å². The maximum Gasteiger partial charge on any atom is 0.191 e. The predicted molar refractivity (Wildman–Crippen MR) is 117 cm³/mol. The Labute approximate surface area is 170 Å². The number of rotatable bonds is 5. The molecule has 136 valence electrons. The highest BCUT2D eigenvalue weighted by atomic mass is 127. The van der Waals surface area contributed by atoms with Gasteiger partial charge in [-0.05, 0) is 23.8 Å². The average Bonchev–Trinajstić information content (AvgIpc) is 2.68. The van der Waals surface area contributed by atoms with Crippen LogP contribution in [0.1, 0.15) is 11.1 Å². The molecule has 2 aromatic carbocycles. The summed E-state index contributed by atoms with van der Waals surface area (Å²) in [5.41, 5.74) is 3.27. The summed E-state index contributed by atoms with van der Waals surface area (Å²) in [7, 11) is 3.45. The molecule has 0 aliphatic carbocycles. The van der Waals surface area contributed by atoms with Gasteiger partial charge in [0.2, 0.25) is 0 Å². The summed E-state index contributed by atoms with van der Waals surface area (Å²) in [5.74, 6) is 1.61. The van der Waals surface area contributed by atoms with Crippen LogP contribution in [0.25, 0.3) is 10.9 Å². The number of pyridine rings is 1. The molecule has 0 aliphatic heterocycles. The maximum atomic E-state index is 5.38. The summed E-state index contributed by atoms with van der Waals surface area (Å²) in [6.45, 7) is 1.31. The third-order valence-electron chi connectivity index (χ3n) is 4.05. The monoisotopic (exact) mass is 462 g/mol. The van der Waals surface area contributed by atoms with Crippen molar-refractivity contribution < 1.29 is 4.74 Å². The van der Waals surface area contributed by atoms with Crippen LogP contribution < -0.4 is 15.4 Å². The molecular formula is C20H23IN4O. The summed E-state index contributed by atoms with van der Waals surface area (Å²) >= 11 is 0. The second kappa shape index (κ2) is 9.96. The molecule has 0 radical (unpaired) electrons. The number of fused-ring (bicyclic) bond motifs is 1. The van der Waals surface area contributed by atoms with E-state index in [2.05, 4.69) is 26.7 Å². The van der Waals surface area contributed by atoms with Crippen LogP contribution in [0.4, 0.5) is 0 Å². The van der Waals surface area contributed by atoms with E-state index >= 15 is 0 Å². The minimum absolute atomic E-state index is 0. The number of methoxy groups -OCH3 is 1. The van der Waals surface area contributed by atoms with E-state index < -0.39 is 0 Å². The zero-order chi connectivity index (χ0) is 17.5. The SMILES string of the molecule is CN=C(NCc1ccccc1OC)NCc1ccnc2ccccc12.I. The number of para-hydroxylation sites is 2. The molecular weight excluding hydrogens is 439 g/mol. The van der Waals surface area contributed by atoms with Crippen LogP contribution in [-0.4, -0.2) is 25.1 Å². The molecule has 5 nitrogen and oxygen atoms in total. The zero-order valence-corrected chi connectivity index (χ0v) is 17.2. The number of nitrogens with zero attached hydrogens (tertiary/aromatic N) is 2. The molecule has 1 aromatic heterocycles. The van der Waals surface area contributed by atoms with Gasteiger partial charge in [-0.2, -0.15) is 0 Å². The van der Waals surface area contributed by atoms with Gasteiger partial charge < -0.3 is 15.4 Å². The number of hydrogen-bond donors (Lipinski definition) is 2. The number of aliphatic imine (C=N–C) groups is 1. The highest BCUT2D eigenvalue weighted by molar-refractivity contribution is 14.0. The van der Waals surface area contributed by atoms with Crippen LogP contribution in [0.3, 0.4) is 0 Å². The summed E-state index contributed by atoms with van der Waals surface area (Å²) < 4.78 is 5.38. The molecule has 26 heavy (non-hydrogen) atoms. The van der Waals surface area contributed by atoms with Gasteiger partial charge in [0, 0.05) is 37.3 Å². The first-order valence-corrected chi connectivity index (χ1v) is 8.21. The fourth-order valence-corrected chi connectivity index (χ4v) is 2.74. The Morgan fingerprint density at radius 3 is 2.42 bits per heavy atom. The number of aromatic nitrogens is 1. The number of halogens is 1. The van der Waals surface area contributed by atoms with Crippen LogP contribution >= 0.6 is 24.0 Å². The third-order valence-corrected chi connectivity index (χ3v) is 4.05. The topological polar surface area (TPSA) is 58.5 Å². The van der Waals surface area contributed by atoms with Crippen molar-refractivity contribution in [1.82, 2.24) is 15.6 Å². The fourth-order valence-electron chi connectivity index (χ4n) is 2.74. The third kappa shape index (κ3) is 4.85. The first-order chi connectivity index (χ1) is 12.3. The van der Waals surface area contributed by atoms with E-state index in [1.807, 2.05) is 54.7 Å². The number of hydrogen-bond acceptors (Lipinski definition) is 3. The average molecular weight is 462 g/mol. The maximum absolute atomic E-state index is 5.38. The first-order valence-electron chi connectivity index (χ1n) is 8.21. The smallest absolute Gasteiger partial charge is 0.191 e. The van der Waals surface area contributed by atoms with E-state index in [4.69, 9.17) is 4.74 Å². The molecule has 6 heteroatoms. The van der Waals surface area contributed by atoms with Crippen LogP contribution in [0.5, 0.6) is 5.75 Å². The molecule has 3 aromatic rings. The van der Waals surface area contributed by atoms with Gasteiger partial charge in [-0.15, -0.1) is 24.0 Å². The first kappa shape index (κ1) is 20.0. The molecule has 0 saturated carbocycles. The van der Waals surface area contributed by atoms with Gasteiger partial charge in [0.25, 0.3) is 0 Å². The Morgan fingerprint density at radius 1 is 0.962 bits per heavy atom. The molecule has 0 atom stereocenters. The highest BCUT2D eigenvalue weighted by Gasteiger charge is 2.05. The van der Waals surface area contributed by atoms with Gasteiger partial charge >= 0.3 is 0 Å². The second-order valence-corrected chi connectivity index (χ2v) is 5.58. The normalized spacial score (nSPS) is 10.9. The molecule has 0 fully saturated rings. The lowest BCUT2D eigenvalue weighted by Gasteiger charge is -2.14. The van der Waals surface area contributed by atoms with Gasteiger partial charge in [0.15, 0.2) is 5.96 Å². The van der Waals surface area contributed by atoms with E-state index in [-0.39, 0.29) is 24.0 Å². The van der Waals surface area contributed by atoms with Crippen molar-refractivity contribution in [2.24, 2.45) is 4.99 Å². The Balaban J connectivity index is 0.00000243. The van der Waals surface area contributed by atoms with Crippen molar-refractivity contribution in [3.8, 4) is 5.75 Å². The molecule has 0 amide bonds. The molecule has 0 saturated heterocycles. The summed E-state index contributed by atoms with van der Waals surface area (Å²) in [6, 6.07) is 18.1. The van der Waals surface area contributed by atoms with Crippen molar-refractivity contribution >= 4 is 40.8 Å². The van der Waals surface area contributed by atoms with Crippen LogP contribution in [-0.2, 0) is 13.1 Å². The Morgan fingerprint density at radius 2 is 1.65 bits per heavy atom. The highest BCUT2D eigenvalue weighted by Crippen LogP contribution is 2.17. The number of benzene rings is 2. The minimum Gasteiger partial charge on any atom is -0.496 e. The van der Waals surface area contributed by atoms with Crippen molar-refractivity contribution in [3.63, 3.8) is 0 Å². The van der Waals surface area contributed by atoms with Crippen molar-refractivity contribution in [1.29, 1.82) is 0 Å². The van der Waals surface area contributed by atoms with Gasteiger partial charge in [0.05, 0.1) is 12.6 Å². The molecule has 2 N–H and O–H groups in total. The van der Waals surface area contributed by atoms with E-state index in [0.717, 1.165) is 28.2 Å². The zero-order valence-electron chi connectivity index (χ0n) is 14.9. The van der Waals surface area contributed by atoms with Gasteiger partial charge in [-0.1, -0.05) is 36.4 Å². The van der Waals surface area contributed by atoms with Crippen LogP contribution in [0, 0.1) is 0 Å². The van der Waals surface area contributed by atoms with Crippen LogP contribution in [0.2, 0.25) is 0 Å². The molecule has 0 aliphatic rings. The standard InChI is InChI=1S/C20H22N4O.HI/c1-21-20(24-14-16-7-3-6-10-19(16)25-2)23-13-15-11-12-22-18-9-5-4-8-17(15)18;/h3-12H,13-14H2,1-2H3,(H2,21,23,24);1H. The van der Waals surface area contributed by atoms with E-state index in [9.17, 15) is 0 Å². The van der Waals surface area contributed by atoms with E-state index in [0.29, 0.717) is 13.1 Å². The lowest BCUT2D eigenvalue weighted by atomic mass is 10.1. The number of nitrogens with one attached hydrogen (secondary N) is 2. The van der Waals surface area contributed by atoms with Crippen molar-refractivity contribution in [2.75, 3.05) is 14.2 Å². The minimum atomic E-state index is 0. The Kier molecular flexibility index (Phi) is 7.65. The fraction of sp³-hybridized carbons (Fsp3) is 0.200. The van der Waals surface area contributed by atoms with Gasteiger partial charge in [-0.25, -0.2) is 0 Å². The Hall–Kier alpha value is -2.35. The van der Waals surface area contributed by atoms with Crippen LogP contribution in [0.15, 0.2) is 65.8 Å². The van der Waals surface area contributed by atoms with Crippen molar-refractivity contribution in [2.45, 2.75) is 13.1 Å². The molecule has 0 bridgehead atoms. The largest absolute Gasteiger partial charge is 0.496 e. The molecule has 3 rings (SSSR count). The summed E-state index contributed by atoms with van der Waals surface area (Å²) in [4.78, 5) is 8.69. The van der Waals surface area contributed by atoms with Crippen molar-refractivity contribution in [3.05, 3.63) is 71.9 Å². The summed E-state index contributed by atoms with van der Waals surface area (Å²) in [5, 5.41) is 7.83. The molecule has 0 unspecified atom stereocenters. The van der Waals surface area contributed by atoms with Gasteiger partial charge in [-0.3, -0.25) is 9.98 Å². The number of guanidine groups is 1. The lowest BCUT2D eigenvalue weighted by Crippen LogP contribution is -2.36. The quantitative estimate of drug-likeness (QED) is 0.345. The lowest BCUT2D eigenvalue weighted by molar-refractivity contribution is 0.409. The molecule has 0 spiro atoms. The number of ether oxygens (including phenoxy) is 1. The Bertz CT molecular complexity index is 877. The summed E-state index contributed by atoms with van der Waals surface area (Å²) in [6.07, 6.45) is 1.84.